The van der Waals surface area contributed by atoms with Crippen LogP contribution in [0.3, 0.4) is 0 Å². The normalized spacial score (nSPS) is 28.9. The molecule has 1 saturated heterocycles. The van der Waals surface area contributed by atoms with Crippen LogP contribution in [0.5, 0.6) is 0 Å². The van der Waals surface area contributed by atoms with Crippen LogP contribution in [0.4, 0.5) is 5.69 Å². The molecule has 0 aromatic heterocycles. The number of hydrogen-bond acceptors (Lipinski definition) is 2. The van der Waals surface area contributed by atoms with E-state index in [1.54, 1.807) is 0 Å². The molecule has 7 rings (SSSR count). The van der Waals surface area contributed by atoms with E-state index in [0.717, 1.165) is 3.57 Å². The minimum atomic E-state index is -0.506. The average molecular weight is 491 g/mol. The average Bonchev–Trinajstić information content (AvgIpc) is 3.01. The van der Waals surface area contributed by atoms with E-state index in [-0.39, 0.29) is 29.6 Å². The number of para-hydroxylation sites is 1. The van der Waals surface area contributed by atoms with Gasteiger partial charge in [-0.3, -0.25) is 9.59 Å². The monoisotopic (exact) mass is 491 g/mol. The van der Waals surface area contributed by atoms with Gasteiger partial charge in [0.15, 0.2) is 0 Å². The standard InChI is InChI=1S/C25H18INO2/c1-25-16-10-4-2-8-14(16)20(15-9-3-5-11-17(15)25)21-22(25)24(29)27(23(21)28)19-13-7-6-12-18(19)26/h2-13,20-22H,1H3. The molecule has 3 aromatic rings. The van der Waals surface area contributed by atoms with Crippen molar-refractivity contribution in [2.75, 3.05) is 4.90 Å². The molecular weight excluding hydrogens is 473 g/mol. The Bertz CT molecular complexity index is 1170. The van der Waals surface area contributed by atoms with Gasteiger partial charge >= 0.3 is 0 Å². The van der Waals surface area contributed by atoms with Gasteiger partial charge < -0.3 is 0 Å². The molecule has 142 valence electrons. The molecule has 29 heavy (non-hydrogen) atoms. The third-order valence-electron chi connectivity index (χ3n) is 7.14. The number of halogens is 1. The zero-order chi connectivity index (χ0) is 19.9. The molecule has 1 heterocycles. The van der Waals surface area contributed by atoms with E-state index in [0.29, 0.717) is 5.69 Å². The molecular formula is C25H18INO2. The van der Waals surface area contributed by atoms with Gasteiger partial charge in [0.1, 0.15) is 0 Å². The summed E-state index contributed by atoms with van der Waals surface area (Å²) in [4.78, 5) is 29.0. The minimum Gasteiger partial charge on any atom is -0.274 e. The maximum absolute atomic E-state index is 13.8. The first-order chi connectivity index (χ1) is 14.0. The Morgan fingerprint density at radius 1 is 0.793 bits per heavy atom. The van der Waals surface area contributed by atoms with Gasteiger partial charge in [0.05, 0.1) is 17.5 Å². The van der Waals surface area contributed by atoms with Gasteiger partial charge in [0, 0.05) is 14.9 Å². The van der Waals surface area contributed by atoms with E-state index < -0.39 is 5.41 Å². The fourth-order valence-electron chi connectivity index (χ4n) is 6.02. The fraction of sp³-hybridized carbons (Fsp3) is 0.200. The summed E-state index contributed by atoms with van der Waals surface area (Å²) in [6, 6.07) is 24.4. The molecule has 0 spiro atoms. The molecule has 4 heteroatoms. The Labute approximate surface area is 182 Å². The van der Waals surface area contributed by atoms with Crippen molar-refractivity contribution in [1.29, 1.82) is 0 Å². The van der Waals surface area contributed by atoms with E-state index in [9.17, 15) is 9.59 Å². The number of rotatable bonds is 1. The zero-order valence-electron chi connectivity index (χ0n) is 15.8. The summed E-state index contributed by atoms with van der Waals surface area (Å²) in [5, 5.41) is 0. The van der Waals surface area contributed by atoms with Gasteiger partial charge in [-0.2, -0.15) is 0 Å². The Morgan fingerprint density at radius 2 is 1.34 bits per heavy atom. The second-order valence-electron chi connectivity index (χ2n) is 8.32. The first kappa shape index (κ1) is 17.4. The van der Waals surface area contributed by atoms with Gasteiger partial charge in [-0.05, 0) is 57.0 Å². The molecule has 1 fully saturated rings. The van der Waals surface area contributed by atoms with Gasteiger partial charge in [-0.15, -0.1) is 0 Å². The summed E-state index contributed by atoms with van der Waals surface area (Å²) < 4.78 is 0.915. The molecule has 3 aliphatic carbocycles. The molecule has 1 aliphatic heterocycles. The van der Waals surface area contributed by atoms with Crippen LogP contribution >= 0.6 is 22.6 Å². The highest BCUT2D eigenvalue weighted by atomic mass is 127. The third-order valence-corrected chi connectivity index (χ3v) is 8.05. The lowest BCUT2D eigenvalue weighted by molar-refractivity contribution is -0.123. The predicted octanol–water partition coefficient (Wildman–Crippen LogP) is 4.86. The Kier molecular flexibility index (Phi) is 3.47. The van der Waals surface area contributed by atoms with E-state index >= 15 is 0 Å². The van der Waals surface area contributed by atoms with Crippen LogP contribution in [0, 0.1) is 15.4 Å². The van der Waals surface area contributed by atoms with Gasteiger partial charge in [0.25, 0.3) is 0 Å². The van der Waals surface area contributed by atoms with Crippen molar-refractivity contribution >= 4 is 40.1 Å². The lowest BCUT2D eigenvalue weighted by Gasteiger charge is -2.52. The van der Waals surface area contributed by atoms with Crippen molar-refractivity contribution in [1.82, 2.24) is 0 Å². The van der Waals surface area contributed by atoms with E-state index in [1.165, 1.54) is 27.2 Å². The van der Waals surface area contributed by atoms with Crippen molar-refractivity contribution in [2.45, 2.75) is 18.3 Å². The SMILES string of the molecule is CC12c3ccccc3C(c3ccccc31)C1C(=O)N(c3ccccc3I)C(=O)C12. The predicted molar refractivity (Wildman–Crippen MR) is 120 cm³/mol. The van der Waals surface area contributed by atoms with Gasteiger partial charge in [0.2, 0.25) is 11.8 Å². The van der Waals surface area contributed by atoms with Crippen molar-refractivity contribution in [3.05, 3.63) is 98.6 Å². The lowest BCUT2D eigenvalue weighted by atomic mass is 9.48. The molecule has 0 N–H and O–H groups in total. The largest absolute Gasteiger partial charge is 0.274 e. The highest BCUT2D eigenvalue weighted by Gasteiger charge is 2.66. The van der Waals surface area contributed by atoms with Crippen molar-refractivity contribution in [2.24, 2.45) is 11.8 Å². The first-order valence-corrected chi connectivity index (χ1v) is 10.9. The smallest absolute Gasteiger partial charge is 0.238 e. The molecule has 3 nitrogen and oxygen atoms in total. The van der Waals surface area contributed by atoms with Gasteiger partial charge in [-0.1, -0.05) is 67.6 Å². The fourth-order valence-corrected chi connectivity index (χ4v) is 6.65. The summed E-state index contributed by atoms with van der Waals surface area (Å²) >= 11 is 2.21. The number of nitrogens with zero attached hydrogens (tertiary/aromatic N) is 1. The van der Waals surface area contributed by atoms with Crippen LogP contribution in [0.15, 0.2) is 72.8 Å². The number of carbonyl (C=O) groups excluding carboxylic acids is 2. The van der Waals surface area contributed by atoms with Crippen molar-refractivity contribution in [3.63, 3.8) is 0 Å². The van der Waals surface area contributed by atoms with Crippen LogP contribution in [-0.4, -0.2) is 11.8 Å². The molecule has 2 amide bonds. The van der Waals surface area contributed by atoms with Crippen LogP contribution in [-0.2, 0) is 15.0 Å². The molecule has 2 unspecified atom stereocenters. The second-order valence-corrected chi connectivity index (χ2v) is 9.48. The lowest BCUT2D eigenvalue weighted by Crippen LogP contribution is -2.51. The zero-order valence-corrected chi connectivity index (χ0v) is 18.0. The summed E-state index contributed by atoms with van der Waals surface area (Å²) in [6.45, 7) is 2.16. The Balaban J connectivity index is 1.64. The maximum atomic E-state index is 13.8. The highest BCUT2D eigenvalue weighted by molar-refractivity contribution is 14.1. The molecule has 4 aliphatic rings. The topological polar surface area (TPSA) is 37.4 Å². The molecule has 3 aromatic carbocycles. The first-order valence-electron chi connectivity index (χ1n) is 9.86. The number of carbonyl (C=O) groups is 2. The molecule has 0 saturated carbocycles. The van der Waals surface area contributed by atoms with E-state index in [1.807, 2.05) is 48.5 Å². The molecule has 0 radical (unpaired) electrons. The van der Waals surface area contributed by atoms with Crippen molar-refractivity contribution < 1.29 is 9.59 Å². The Hall–Kier alpha value is -2.47. The number of amides is 2. The summed E-state index contributed by atoms with van der Waals surface area (Å²) in [6.07, 6.45) is 0. The van der Waals surface area contributed by atoms with Crippen molar-refractivity contribution in [3.8, 4) is 0 Å². The number of hydrogen-bond donors (Lipinski definition) is 0. The summed E-state index contributed by atoms with van der Waals surface area (Å²) in [7, 11) is 0. The summed E-state index contributed by atoms with van der Waals surface area (Å²) in [5.74, 6) is -0.934. The minimum absolute atomic E-state index is 0.0654. The summed E-state index contributed by atoms with van der Waals surface area (Å²) in [5.41, 5.74) is 4.97. The third kappa shape index (κ3) is 1.98. The van der Waals surface area contributed by atoms with Crippen LogP contribution in [0.1, 0.15) is 35.1 Å². The van der Waals surface area contributed by atoms with E-state index in [4.69, 9.17) is 0 Å². The van der Waals surface area contributed by atoms with Gasteiger partial charge in [-0.25, -0.2) is 4.90 Å². The van der Waals surface area contributed by atoms with E-state index in [2.05, 4.69) is 53.8 Å². The highest BCUT2D eigenvalue weighted by Crippen LogP contribution is 2.64. The number of anilines is 1. The Morgan fingerprint density at radius 3 is 1.97 bits per heavy atom. The van der Waals surface area contributed by atoms with Crippen LogP contribution in [0.2, 0.25) is 0 Å². The number of imide groups is 1. The van der Waals surface area contributed by atoms with Crippen LogP contribution < -0.4 is 4.90 Å². The quantitative estimate of drug-likeness (QED) is 0.360. The maximum Gasteiger partial charge on any atom is 0.238 e. The number of benzene rings is 3. The molecule has 2 atom stereocenters. The van der Waals surface area contributed by atoms with Crippen LogP contribution in [0.25, 0.3) is 0 Å². The molecule has 2 bridgehead atoms. The second kappa shape index (κ2) is 5.79.